The van der Waals surface area contributed by atoms with Crippen molar-refractivity contribution in [3.05, 3.63) is 28.2 Å². The fourth-order valence-electron chi connectivity index (χ4n) is 1.82. The largest absolute Gasteiger partial charge is 0.416 e. The maximum absolute atomic E-state index is 12.5. The second-order valence-corrected chi connectivity index (χ2v) is 4.88. The highest BCUT2D eigenvalue weighted by Crippen LogP contribution is 2.36. The summed E-state index contributed by atoms with van der Waals surface area (Å²) in [7, 11) is 0. The topological polar surface area (TPSA) is 40.5 Å². The first-order valence-electron chi connectivity index (χ1n) is 5.14. The first-order valence-corrected chi connectivity index (χ1v) is 5.93. The van der Waals surface area contributed by atoms with Gasteiger partial charge in [0.1, 0.15) is 0 Å². The van der Waals surface area contributed by atoms with Crippen molar-refractivity contribution in [1.82, 2.24) is 0 Å². The number of carbonyl (C=O) groups excluding carboxylic acids is 1. The van der Waals surface area contributed by atoms with Crippen LogP contribution < -0.4 is 4.90 Å². The molecule has 7 heteroatoms. The summed E-state index contributed by atoms with van der Waals surface area (Å²) in [6, 6.07) is 3.06. The van der Waals surface area contributed by atoms with Crippen LogP contribution in [0.1, 0.15) is 12.0 Å². The van der Waals surface area contributed by atoms with E-state index in [1.54, 1.807) is 0 Å². The minimum Gasteiger partial charge on any atom is -0.391 e. The number of aliphatic hydroxyl groups is 1. The quantitative estimate of drug-likeness (QED) is 0.863. The van der Waals surface area contributed by atoms with Gasteiger partial charge >= 0.3 is 6.18 Å². The van der Waals surface area contributed by atoms with Crippen LogP contribution in [-0.2, 0) is 11.0 Å². The Morgan fingerprint density at radius 3 is 2.50 bits per heavy atom. The van der Waals surface area contributed by atoms with Crippen LogP contribution in [-0.4, -0.2) is 23.7 Å². The van der Waals surface area contributed by atoms with Crippen molar-refractivity contribution < 1.29 is 23.1 Å². The van der Waals surface area contributed by atoms with Crippen molar-refractivity contribution in [2.24, 2.45) is 0 Å². The summed E-state index contributed by atoms with van der Waals surface area (Å²) in [5.74, 6) is -0.303. The van der Waals surface area contributed by atoms with Crippen LogP contribution in [0.15, 0.2) is 22.7 Å². The molecule has 0 bridgehead atoms. The highest BCUT2D eigenvalue weighted by atomic mass is 79.9. The van der Waals surface area contributed by atoms with Gasteiger partial charge in [-0.15, -0.1) is 0 Å². The van der Waals surface area contributed by atoms with Crippen LogP contribution in [0.3, 0.4) is 0 Å². The highest BCUT2D eigenvalue weighted by Gasteiger charge is 2.33. The van der Waals surface area contributed by atoms with Crippen molar-refractivity contribution in [2.45, 2.75) is 18.7 Å². The predicted molar refractivity (Wildman–Crippen MR) is 62.1 cm³/mol. The smallest absolute Gasteiger partial charge is 0.391 e. The normalized spacial score (nSPS) is 20.6. The Labute approximate surface area is 109 Å². The lowest BCUT2D eigenvalue weighted by Crippen LogP contribution is -2.25. The van der Waals surface area contributed by atoms with Gasteiger partial charge in [0.05, 0.1) is 30.3 Å². The average molecular weight is 324 g/mol. The molecule has 1 aromatic carbocycles. The average Bonchev–Trinajstić information content (AvgIpc) is 2.56. The summed E-state index contributed by atoms with van der Waals surface area (Å²) in [5, 5.41) is 9.35. The third-order valence-electron chi connectivity index (χ3n) is 2.67. The number of amides is 1. The molecule has 1 saturated heterocycles. The molecule has 1 N–H and O–H groups in total. The van der Waals surface area contributed by atoms with E-state index in [1.807, 2.05) is 0 Å². The fourth-order valence-corrected chi connectivity index (χ4v) is 2.42. The summed E-state index contributed by atoms with van der Waals surface area (Å²) in [6.07, 6.45) is -5.20. The maximum atomic E-state index is 12.5. The van der Waals surface area contributed by atoms with E-state index in [-0.39, 0.29) is 23.3 Å². The zero-order chi connectivity index (χ0) is 13.5. The van der Waals surface area contributed by atoms with Gasteiger partial charge in [0.15, 0.2) is 0 Å². The van der Waals surface area contributed by atoms with Crippen molar-refractivity contribution in [3.8, 4) is 0 Å². The molecule has 1 fully saturated rings. The Hall–Kier alpha value is -1.08. The predicted octanol–water partition coefficient (Wildman–Crippen LogP) is 2.57. The fraction of sp³-hybridized carbons (Fsp3) is 0.364. The molecule has 1 amide bonds. The minimum absolute atomic E-state index is 0.00649. The zero-order valence-electron chi connectivity index (χ0n) is 9.04. The number of β-amino-alcohol motifs (C(OH)–C–C–N with tert-alkyl or cyclic N) is 1. The lowest BCUT2D eigenvalue weighted by molar-refractivity contribution is -0.137. The molecular weight excluding hydrogens is 315 g/mol. The Bertz CT molecular complexity index is 490. The number of anilines is 1. The van der Waals surface area contributed by atoms with Crippen LogP contribution >= 0.6 is 15.9 Å². The second kappa shape index (κ2) is 4.55. The second-order valence-electron chi connectivity index (χ2n) is 4.03. The first-order chi connectivity index (χ1) is 8.29. The number of halogens is 4. The number of rotatable bonds is 1. The molecule has 3 nitrogen and oxygen atoms in total. The lowest BCUT2D eigenvalue weighted by Gasteiger charge is -2.18. The molecule has 1 aliphatic rings. The van der Waals surface area contributed by atoms with Gasteiger partial charge in [-0.05, 0) is 34.1 Å². The lowest BCUT2D eigenvalue weighted by atomic mass is 10.2. The molecular formula is C11H9BrF3NO2. The third-order valence-corrected chi connectivity index (χ3v) is 3.31. The van der Waals surface area contributed by atoms with Crippen molar-refractivity contribution >= 4 is 27.5 Å². The first kappa shape index (κ1) is 13.4. The molecule has 0 saturated carbocycles. The SMILES string of the molecule is O=C1CC(O)CN1c1ccc(C(F)(F)F)cc1Br. The van der Waals surface area contributed by atoms with Gasteiger partial charge in [-0.3, -0.25) is 4.79 Å². The number of hydrogen-bond donors (Lipinski definition) is 1. The zero-order valence-corrected chi connectivity index (χ0v) is 10.6. The van der Waals surface area contributed by atoms with E-state index in [1.165, 1.54) is 11.0 Å². The van der Waals surface area contributed by atoms with Crippen LogP contribution in [0.4, 0.5) is 18.9 Å². The van der Waals surface area contributed by atoms with Gasteiger partial charge in [0.25, 0.3) is 0 Å². The number of hydrogen-bond acceptors (Lipinski definition) is 2. The molecule has 0 spiro atoms. The number of benzene rings is 1. The van der Waals surface area contributed by atoms with E-state index in [4.69, 9.17) is 0 Å². The molecule has 1 aliphatic heterocycles. The van der Waals surface area contributed by atoms with Crippen molar-refractivity contribution in [2.75, 3.05) is 11.4 Å². The molecule has 1 heterocycles. The van der Waals surface area contributed by atoms with Gasteiger partial charge in [-0.1, -0.05) is 0 Å². The van der Waals surface area contributed by atoms with E-state index in [0.717, 1.165) is 12.1 Å². The number of carbonyl (C=O) groups is 1. The molecule has 18 heavy (non-hydrogen) atoms. The molecule has 1 unspecified atom stereocenters. The molecule has 1 aromatic rings. The van der Waals surface area contributed by atoms with Crippen molar-refractivity contribution in [3.63, 3.8) is 0 Å². The third kappa shape index (κ3) is 2.51. The Morgan fingerprint density at radius 1 is 1.39 bits per heavy atom. The van der Waals surface area contributed by atoms with E-state index in [2.05, 4.69) is 15.9 Å². The standard InChI is InChI=1S/C11H9BrF3NO2/c12-8-3-6(11(13,14)15)1-2-9(8)16-5-7(17)4-10(16)18/h1-3,7,17H,4-5H2. The maximum Gasteiger partial charge on any atom is 0.416 e. The van der Waals surface area contributed by atoms with E-state index in [0.29, 0.717) is 5.69 Å². The van der Waals surface area contributed by atoms with E-state index < -0.39 is 17.8 Å². The molecule has 2 rings (SSSR count). The van der Waals surface area contributed by atoms with Crippen LogP contribution in [0.2, 0.25) is 0 Å². The molecule has 98 valence electrons. The van der Waals surface area contributed by atoms with Crippen molar-refractivity contribution in [1.29, 1.82) is 0 Å². The van der Waals surface area contributed by atoms with Gasteiger partial charge in [-0.2, -0.15) is 13.2 Å². The summed E-state index contributed by atoms with van der Waals surface area (Å²) in [5.41, 5.74) is -0.449. The summed E-state index contributed by atoms with van der Waals surface area (Å²) < 4.78 is 37.6. The summed E-state index contributed by atoms with van der Waals surface area (Å²) >= 11 is 3.02. The van der Waals surface area contributed by atoms with E-state index in [9.17, 15) is 23.1 Å². The van der Waals surface area contributed by atoms with Gasteiger partial charge in [-0.25, -0.2) is 0 Å². The minimum atomic E-state index is -4.42. The Balaban J connectivity index is 2.34. The number of nitrogens with zero attached hydrogens (tertiary/aromatic N) is 1. The molecule has 0 aromatic heterocycles. The van der Waals surface area contributed by atoms with Gasteiger partial charge in [0.2, 0.25) is 5.91 Å². The Morgan fingerprint density at radius 2 is 2.06 bits per heavy atom. The van der Waals surface area contributed by atoms with E-state index >= 15 is 0 Å². The molecule has 0 radical (unpaired) electrons. The summed E-state index contributed by atoms with van der Waals surface area (Å²) in [4.78, 5) is 12.8. The summed E-state index contributed by atoms with van der Waals surface area (Å²) in [6.45, 7) is 0.1000. The number of aliphatic hydroxyl groups excluding tert-OH is 1. The number of alkyl halides is 3. The Kier molecular flexibility index (Phi) is 3.37. The highest BCUT2D eigenvalue weighted by molar-refractivity contribution is 9.10. The van der Waals surface area contributed by atoms with Crippen LogP contribution in [0, 0.1) is 0 Å². The monoisotopic (exact) mass is 323 g/mol. The molecule has 1 atom stereocenters. The van der Waals surface area contributed by atoms with Gasteiger partial charge < -0.3 is 10.0 Å². The van der Waals surface area contributed by atoms with Crippen LogP contribution in [0.25, 0.3) is 0 Å². The van der Waals surface area contributed by atoms with Gasteiger partial charge in [0, 0.05) is 4.47 Å². The van der Waals surface area contributed by atoms with Crippen LogP contribution in [0.5, 0.6) is 0 Å². The molecule has 0 aliphatic carbocycles.